The van der Waals surface area contributed by atoms with Crippen molar-refractivity contribution in [3.05, 3.63) is 57.6 Å². The van der Waals surface area contributed by atoms with Gasteiger partial charge >= 0.3 is 0 Å². The minimum absolute atomic E-state index is 1.06. The van der Waals surface area contributed by atoms with E-state index in [4.69, 9.17) is 11.1 Å². The molecule has 0 aliphatic heterocycles. The van der Waals surface area contributed by atoms with Crippen LogP contribution in [-0.4, -0.2) is 8.11 Å². The van der Waals surface area contributed by atoms with Gasteiger partial charge in [0.25, 0.3) is 0 Å². The van der Waals surface area contributed by atoms with Gasteiger partial charge in [-0.2, -0.15) is 11.1 Å². The SMILES string of the molecule is CCc1cc(CC)c([Si](Cl)c2c(CC)cc(CC)cc2CC)c(CC)c1. The minimum Gasteiger partial charge on any atom is -0.156 e. The first-order valence-electron chi connectivity index (χ1n) is 10.4. The van der Waals surface area contributed by atoms with Gasteiger partial charge in [0.05, 0.1) is 0 Å². The monoisotopic (exact) mass is 385 g/mol. The Morgan fingerprint density at radius 1 is 0.538 bits per heavy atom. The molecule has 0 saturated carbocycles. The topological polar surface area (TPSA) is 0 Å². The van der Waals surface area contributed by atoms with E-state index in [-0.39, 0.29) is 0 Å². The van der Waals surface area contributed by atoms with E-state index in [1.807, 2.05) is 0 Å². The lowest BCUT2D eigenvalue weighted by Crippen LogP contribution is -2.45. The Bertz CT molecular complexity index is 634. The van der Waals surface area contributed by atoms with E-state index in [2.05, 4.69) is 65.8 Å². The Hall–Kier alpha value is -1.05. The minimum atomic E-state index is -1.29. The lowest BCUT2D eigenvalue weighted by molar-refractivity contribution is 1.05. The van der Waals surface area contributed by atoms with E-state index in [9.17, 15) is 0 Å². The van der Waals surface area contributed by atoms with E-state index in [1.165, 1.54) is 43.8 Å². The molecule has 141 valence electrons. The quantitative estimate of drug-likeness (QED) is 0.421. The summed E-state index contributed by atoms with van der Waals surface area (Å²) < 4.78 is 0. The van der Waals surface area contributed by atoms with Gasteiger partial charge in [-0.15, -0.1) is 0 Å². The van der Waals surface area contributed by atoms with E-state index in [0.717, 1.165) is 38.5 Å². The van der Waals surface area contributed by atoms with Crippen LogP contribution in [0.25, 0.3) is 0 Å². The third kappa shape index (κ3) is 4.26. The molecule has 2 rings (SSSR count). The summed E-state index contributed by atoms with van der Waals surface area (Å²) in [7, 11) is -1.29. The van der Waals surface area contributed by atoms with Gasteiger partial charge in [-0.05, 0) is 82.3 Å². The largest absolute Gasteiger partial charge is 0.235 e. The van der Waals surface area contributed by atoms with Gasteiger partial charge in [0.15, 0.2) is 0 Å². The van der Waals surface area contributed by atoms with Crippen molar-refractivity contribution in [3.63, 3.8) is 0 Å². The average molecular weight is 386 g/mol. The highest BCUT2D eigenvalue weighted by molar-refractivity contribution is 7.21. The molecule has 26 heavy (non-hydrogen) atoms. The Balaban J connectivity index is 2.71. The van der Waals surface area contributed by atoms with E-state index >= 15 is 0 Å². The zero-order valence-corrected chi connectivity index (χ0v) is 19.2. The molecule has 2 aromatic carbocycles. The molecule has 0 amide bonds. The molecule has 0 fully saturated rings. The van der Waals surface area contributed by atoms with Crippen molar-refractivity contribution in [1.29, 1.82) is 0 Å². The van der Waals surface area contributed by atoms with Crippen LogP contribution in [0.3, 0.4) is 0 Å². The van der Waals surface area contributed by atoms with Crippen molar-refractivity contribution < 1.29 is 0 Å². The van der Waals surface area contributed by atoms with E-state index in [0.29, 0.717) is 0 Å². The van der Waals surface area contributed by atoms with Crippen LogP contribution in [-0.2, 0) is 38.5 Å². The highest BCUT2D eigenvalue weighted by Crippen LogP contribution is 2.18. The second-order valence-corrected chi connectivity index (χ2v) is 9.78. The maximum absolute atomic E-state index is 7.36. The van der Waals surface area contributed by atoms with Gasteiger partial charge in [-0.25, -0.2) is 0 Å². The van der Waals surface area contributed by atoms with Crippen LogP contribution in [0.1, 0.15) is 74.9 Å². The molecule has 0 saturated heterocycles. The molecule has 0 aromatic heterocycles. The van der Waals surface area contributed by atoms with Crippen molar-refractivity contribution in [1.82, 2.24) is 0 Å². The number of aryl methyl sites for hydroxylation is 6. The van der Waals surface area contributed by atoms with Crippen LogP contribution in [0.4, 0.5) is 0 Å². The summed E-state index contributed by atoms with van der Waals surface area (Å²) in [5, 5.41) is 2.93. The predicted molar refractivity (Wildman–Crippen MR) is 120 cm³/mol. The lowest BCUT2D eigenvalue weighted by Gasteiger charge is -2.23. The van der Waals surface area contributed by atoms with Crippen LogP contribution in [0.15, 0.2) is 24.3 Å². The Morgan fingerprint density at radius 2 is 0.808 bits per heavy atom. The third-order valence-electron chi connectivity index (χ3n) is 5.50. The van der Waals surface area contributed by atoms with Crippen molar-refractivity contribution in [2.75, 3.05) is 0 Å². The Labute approximate surface area is 167 Å². The number of rotatable bonds is 8. The second-order valence-electron chi connectivity index (χ2n) is 7.01. The van der Waals surface area contributed by atoms with Crippen molar-refractivity contribution in [2.45, 2.75) is 80.1 Å². The molecule has 0 unspecified atom stereocenters. The van der Waals surface area contributed by atoms with Crippen molar-refractivity contribution in [3.8, 4) is 0 Å². The number of benzene rings is 2. The molecule has 2 aromatic rings. The second kappa shape index (κ2) is 9.76. The average Bonchev–Trinajstić information content (AvgIpc) is 2.70. The van der Waals surface area contributed by atoms with Crippen molar-refractivity contribution in [2.24, 2.45) is 0 Å². The molecule has 1 radical (unpaired) electrons. The summed E-state index contributed by atoms with van der Waals surface area (Å²) in [6.45, 7) is 13.6. The summed E-state index contributed by atoms with van der Waals surface area (Å²) in [6, 6.07) is 9.61. The first kappa shape index (κ1) is 21.2. The standard InChI is InChI=1S/C24H34ClSi/c1-7-17-13-19(9-3)23(20(10-4)14-17)26(25)24-21(11-5)15-18(8-2)16-22(24)12-6/h13-16H,7-12H2,1-6H3. The van der Waals surface area contributed by atoms with Crippen LogP contribution in [0.5, 0.6) is 0 Å². The molecule has 0 aliphatic rings. The molecular formula is C24H34ClSi. The maximum Gasteiger partial charge on any atom is 0.235 e. The molecule has 0 heterocycles. The molecule has 0 atom stereocenters. The fourth-order valence-electron chi connectivity index (χ4n) is 3.89. The van der Waals surface area contributed by atoms with Crippen LogP contribution in [0.2, 0.25) is 0 Å². The van der Waals surface area contributed by atoms with Crippen LogP contribution >= 0.6 is 11.1 Å². The molecule has 0 bridgehead atoms. The third-order valence-corrected chi connectivity index (χ3v) is 8.80. The van der Waals surface area contributed by atoms with Crippen LogP contribution < -0.4 is 10.4 Å². The molecule has 0 spiro atoms. The zero-order valence-electron chi connectivity index (χ0n) is 17.4. The fourth-order valence-corrected chi connectivity index (χ4v) is 7.72. The first-order valence-corrected chi connectivity index (χ1v) is 12.9. The molecule has 0 aliphatic carbocycles. The smallest absolute Gasteiger partial charge is 0.156 e. The normalized spacial score (nSPS) is 11.4. The maximum atomic E-state index is 7.36. The van der Waals surface area contributed by atoms with Gasteiger partial charge in [0.1, 0.15) is 0 Å². The number of hydrogen-bond acceptors (Lipinski definition) is 0. The Morgan fingerprint density at radius 3 is 1.00 bits per heavy atom. The summed E-state index contributed by atoms with van der Waals surface area (Å²) >= 11 is 7.36. The number of hydrogen-bond donors (Lipinski definition) is 0. The summed E-state index contributed by atoms with van der Waals surface area (Å²) in [6.07, 6.45) is 6.44. The molecule has 0 nitrogen and oxygen atoms in total. The summed E-state index contributed by atoms with van der Waals surface area (Å²) in [4.78, 5) is 0. The predicted octanol–water partition coefficient (Wildman–Crippen LogP) is 5.41. The van der Waals surface area contributed by atoms with Gasteiger partial charge in [-0.1, -0.05) is 65.8 Å². The molecule has 0 N–H and O–H groups in total. The van der Waals surface area contributed by atoms with Gasteiger partial charge in [0, 0.05) is 0 Å². The van der Waals surface area contributed by atoms with Crippen LogP contribution in [0, 0.1) is 0 Å². The first-order chi connectivity index (χ1) is 12.5. The summed E-state index contributed by atoms with van der Waals surface area (Å²) in [5.74, 6) is 0. The summed E-state index contributed by atoms with van der Waals surface area (Å²) in [5.41, 5.74) is 8.76. The van der Waals surface area contributed by atoms with Gasteiger partial charge < -0.3 is 0 Å². The van der Waals surface area contributed by atoms with E-state index in [1.54, 1.807) is 0 Å². The number of halogens is 1. The fraction of sp³-hybridized carbons (Fsp3) is 0.500. The lowest BCUT2D eigenvalue weighted by atomic mass is 10.0. The molecular weight excluding hydrogens is 352 g/mol. The van der Waals surface area contributed by atoms with Gasteiger partial charge in [-0.3, -0.25) is 0 Å². The van der Waals surface area contributed by atoms with Crippen molar-refractivity contribution >= 4 is 29.6 Å². The molecule has 2 heteroatoms. The highest BCUT2D eigenvalue weighted by Gasteiger charge is 2.26. The zero-order chi connectivity index (χ0) is 19.3. The van der Waals surface area contributed by atoms with Gasteiger partial charge in [0.2, 0.25) is 8.11 Å². The highest BCUT2D eigenvalue weighted by atomic mass is 35.6. The Kier molecular flexibility index (Phi) is 7.98. The van der Waals surface area contributed by atoms with E-state index < -0.39 is 8.11 Å².